The van der Waals surface area contributed by atoms with Crippen LogP contribution in [0.15, 0.2) is 18.2 Å². The molecule has 178 valence electrons. The Kier molecular flexibility index (Phi) is 8.10. The Morgan fingerprint density at radius 1 is 1.00 bits per heavy atom. The lowest BCUT2D eigenvalue weighted by Crippen LogP contribution is -2.47. The number of benzene rings is 1. The maximum absolute atomic E-state index is 13.5. The van der Waals surface area contributed by atoms with Crippen molar-refractivity contribution < 1.29 is 32.3 Å². The van der Waals surface area contributed by atoms with E-state index in [0.29, 0.717) is 50.5 Å². The molecule has 0 atom stereocenters. The monoisotopic (exact) mass is 459 g/mol. The summed E-state index contributed by atoms with van der Waals surface area (Å²) in [4.78, 5) is 28.7. The van der Waals surface area contributed by atoms with Crippen molar-refractivity contribution in [3.05, 3.63) is 35.1 Å². The van der Waals surface area contributed by atoms with E-state index in [1.54, 1.807) is 4.90 Å². The summed E-state index contributed by atoms with van der Waals surface area (Å²) < 4.78 is 52.0. The quantitative estimate of drug-likeness (QED) is 0.642. The molecular formula is C22H29F4N3O3. The molecule has 2 N–H and O–H groups in total. The summed E-state index contributed by atoms with van der Waals surface area (Å²) in [6.45, 7) is 3.53. The number of hydrogen-bond donors (Lipinski definition) is 2. The van der Waals surface area contributed by atoms with Gasteiger partial charge in [-0.05, 0) is 68.8 Å². The van der Waals surface area contributed by atoms with E-state index in [4.69, 9.17) is 0 Å². The zero-order valence-electron chi connectivity index (χ0n) is 17.8. The van der Waals surface area contributed by atoms with Crippen LogP contribution in [0, 0.1) is 17.7 Å². The van der Waals surface area contributed by atoms with Crippen molar-refractivity contribution in [1.82, 2.24) is 15.1 Å². The molecule has 10 heteroatoms. The van der Waals surface area contributed by atoms with Crippen molar-refractivity contribution in [2.24, 2.45) is 11.8 Å². The van der Waals surface area contributed by atoms with Gasteiger partial charge in [0.05, 0.1) is 12.1 Å². The van der Waals surface area contributed by atoms with Gasteiger partial charge in [0, 0.05) is 31.8 Å². The number of likely N-dealkylation sites (tertiary alicyclic amines) is 2. The molecule has 2 saturated heterocycles. The lowest BCUT2D eigenvalue weighted by molar-refractivity contribution is -0.138. The molecule has 2 aliphatic heterocycles. The first-order valence-electron chi connectivity index (χ1n) is 10.9. The van der Waals surface area contributed by atoms with Gasteiger partial charge in [0.2, 0.25) is 5.91 Å². The highest BCUT2D eigenvalue weighted by atomic mass is 19.4. The molecular weight excluding hydrogens is 430 g/mol. The molecule has 0 spiro atoms. The number of aliphatic hydroxyl groups excluding tert-OH is 1. The fourth-order valence-corrected chi connectivity index (χ4v) is 4.23. The Hall–Kier alpha value is -2.20. The van der Waals surface area contributed by atoms with Crippen LogP contribution in [0.2, 0.25) is 0 Å². The minimum absolute atomic E-state index is 0.0642. The minimum atomic E-state index is -4.73. The number of rotatable bonds is 6. The number of carbonyl (C=O) groups excluding carboxylic acids is 2. The fourth-order valence-electron chi connectivity index (χ4n) is 4.23. The van der Waals surface area contributed by atoms with Crippen molar-refractivity contribution in [2.45, 2.75) is 31.9 Å². The Morgan fingerprint density at radius 2 is 1.62 bits per heavy atom. The molecule has 1 aromatic rings. The lowest BCUT2D eigenvalue weighted by Gasteiger charge is -2.35. The second-order valence-corrected chi connectivity index (χ2v) is 8.66. The molecule has 2 fully saturated rings. The van der Waals surface area contributed by atoms with Gasteiger partial charge in [-0.2, -0.15) is 13.2 Å². The summed E-state index contributed by atoms with van der Waals surface area (Å²) in [5.41, 5.74) is -1.56. The molecule has 6 nitrogen and oxygen atoms in total. The smallest absolute Gasteiger partial charge is 0.396 e. The summed E-state index contributed by atoms with van der Waals surface area (Å²) in [5, 5.41) is 11.8. The average Bonchev–Trinajstić information content (AvgIpc) is 2.77. The number of amides is 2. The molecule has 0 unspecified atom stereocenters. The zero-order chi connectivity index (χ0) is 23.3. The Labute approximate surface area is 184 Å². The van der Waals surface area contributed by atoms with Gasteiger partial charge >= 0.3 is 6.18 Å². The van der Waals surface area contributed by atoms with Crippen LogP contribution in [0.5, 0.6) is 0 Å². The number of nitrogens with one attached hydrogen (secondary N) is 1. The van der Waals surface area contributed by atoms with Crippen LogP contribution in [0.1, 0.15) is 41.6 Å². The van der Waals surface area contributed by atoms with E-state index in [9.17, 15) is 32.3 Å². The standard InChI is InChI=1S/C22H29F4N3O3/c23-19-10-17(9-18(11-19)22(24,25)26)21(32)27-12-15-3-7-29(8-4-15)20(31)13-28-5-1-16(14-30)2-6-28/h9-11,15-16,30H,1-8,12-14H2,(H,27,32). The first-order chi connectivity index (χ1) is 15.2. The highest BCUT2D eigenvalue weighted by Gasteiger charge is 2.32. The number of alkyl halides is 3. The molecule has 0 radical (unpaired) electrons. The molecule has 0 aliphatic carbocycles. The van der Waals surface area contributed by atoms with Gasteiger partial charge in [0.25, 0.3) is 5.91 Å². The van der Waals surface area contributed by atoms with Crippen LogP contribution in [-0.2, 0) is 11.0 Å². The number of piperidine rings is 2. The van der Waals surface area contributed by atoms with Crippen molar-refractivity contribution in [3.63, 3.8) is 0 Å². The first-order valence-corrected chi connectivity index (χ1v) is 10.9. The van der Waals surface area contributed by atoms with Crippen molar-refractivity contribution in [1.29, 1.82) is 0 Å². The van der Waals surface area contributed by atoms with Gasteiger partial charge in [0.1, 0.15) is 5.82 Å². The van der Waals surface area contributed by atoms with E-state index in [2.05, 4.69) is 10.2 Å². The van der Waals surface area contributed by atoms with Crippen molar-refractivity contribution in [3.8, 4) is 0 Å². The van der Waals surface area contributed by atoms with Gasteiger partial charge < -0.3 is 15.3 Å². The number of aliphatic hydroxyl groups is 1. The molecule has 32 heavy (non-hydrogen) atoms. The zero-order valence-corrected chi connectivity index (χ0v) is 17.8. The van der Waals surface area contributed by atoms with E-state index in [1.165, 1.54) is 0 Å². The predicted octanol–water partition coefficient (Wildman–Crippen LogP) is 2.52. The normalized spacial score (nSPS) is 19.2. The summed E-state index contributed by atoms with van der Waals surface area (Å²) in [5.74, 6) is -1.38. The van der Waals surface area contributed by atoms with Gasteiger partial charge in [-0.25, -0.2) is 4.39 Å². The van der Waals surface area contributed by atoms with Gasteiger partial charge in [-0.15, -0.1) is 0 Å². The van der Waals surface area contributed by atoms with Crippen molar-refractivity contribution in [2.75, 3.05) is 45.9 Å². The summed E-state index contributed by atoms with van der Waals surface area (Å²) in [7, 11) is 0. The van der Waals surface area contributed by atoms with Crippen molar-refractivity contribution >= 4 is 11.8 Å². The lowest BCUT2D eigenvalue weighted by atomic mass is 9.96. The molecule has 2 amide bonds. The second kappa shape index (κ2) is 10.6. The molecule has 0 bridgehead atoms. The van der Waals surface area contributed by atoms with Gasteiger partial charge in [-0.3, -0.25) is 14.5 Å². The highest BCUT2D eigenvalue weighted by Crippen LogP contribution is 2.30. The summed E-state index contributed by atoms with van der Waals surface area (Å²) in [6.07, 6.45) is -1.60. The third-order valence-electron chi connectivity index (χ3n) is 6.33. The number of halogens is 4. The maximum atomic E-state index is 13.5. The minimum Gasteiger partial charge on any atom is -0.396 e. The van der Waals surface area contributed by atoms with E-state index >= 15 is 0 Å². The van der Waals surface area contributed by atoms with E-state index < -0.39 is 23.5 Å². The summed E-state index contributed by atoms with van der Waals surface area (Å²) in [6, 6.07) is 1.79. The third kappa shape index (κ3) is 6.65. The van der Waals surface area contributed by atoms with Crippen LogP contribution >= 0.6 is 0 Å². The fraction of sp³-hybridized carbons (Fsp3) is 0.636. The van der Waals surface area contributed by atoms with Crippen LogP contribution < -0.4 is 5.32 Å². The van der Waals surface area contributed by atoms with Gasteiger partial charge in [-0.1, -0.05) is 0 Å². The second-order valence-electron chi connectivity index (χ2n) is 8.66. The van der Waals surface area contributed by atoms with Crippen LogP contribution in [-0.4, -0.2) is 72.6 Å². The van der Waals surface area contributed by atoms with Crippen LogP contribution in [0.3, 0.4) is 0 Å². The SMILES string of the molecule is O=C(NCC1CCN(C(=O)CN2CCC(CO)CC2)CC1)c1cc(F)cc(C(F)(F)F)c1. The molecule has 2 heterocycles. The Bertz CT molecular complexity index is 802. The highest BCUT2D eigenvalue weighted by molar-refractivity contribution is 5.94. The maximum Gasteiger partial charge on any atom is 0.416 e. The molecule has 0 aromatic heterocycles. The topological polar surface area (TPSA) is 72.9 Å². The Morgan fingerprint density at radius 3 is 2.22 bits per heavy atom. The van der Waals surface area contributed by atoms with Crippen LogP contribution in [0.4, 0.5) is 17.6 Å². The Balaban J connectivity index is 1.42. The predicted molar refractivity (Wildman–Crippen MR) is 109 cm³/mol. The molecule has 0 saturated carbocycles. The molecule has 2 aliphatic rings. The largest absolute Gasteiger partial charge is 0.416 e. The third-order valence-corrected chi connectivity index (χ3v) is 6.33. The number of nitrogens with zero attached hydrogens (tertiary/aromatic N) is 2. The number of hydrogen-bond acceptors (Lipinski definition) is 4. The first kappa shape index (κ1) is 24.4. The molecule has 1 aromatic carbocycles. The van der Waals surface area contributed by atoms with E-state index in [0.717, 1.165) is 32.0 Å². The van der Waals surface area contributed by atoms with E-state index in [-0.39, 0.29) is 30.5 Å². The van der Waals surface area contributed by atoms with Crippen LogP contribution in [0.25, 0.3) is 0 Å². The number of carbonyl (C=O) groups is 2. The summed E-state index contributed by atoms with van der Waals surface area (Å²) >= 11 is 0. The average molecular weight is 459 g/mol. The van der Waals surface area contributed by atoms with E-state index in [1.807, 2.05) is 0 Å². The van der Waals surface area contributed by atoms with Gasteiger partial charge in [0.15, 0.2) is 0 Å². The molecule has 3 rings (SSSR count).